The van der Waals surface area contributed by atoms with Gasteiger partial charge in [0.2, 0.25) is 0 Å². The molecule has 0 saturated carbocycles. The van der Waals surface area contributed by atoms with Crippen molar-refractivity contribution in [2.24, 2.45) is 11.3 Å². The van der Waals surface area contributed by atoms with Crippen LogP contribution in [0.2, 0.25) is 5.15 Å². The average molecular weight is 337 g/mol. The quantitative estimate of drug-likeness (QED) is 0.852. The van der Waals surface area contributed by atoms with E-state index in [1.165, 1.54) is 6.33 Å². The zero-order chi connectivity index (χ0) is 16.8. The van der Waals surface area contributed by atoms with Crippen molar-refractivity contribution in [2.75, 3.05) is 6.54 Å². The molecular formula is C16H21ClN4O2. The van der Waals surface area contributed by atoms with Crippen molar-refractivity contribution in [3.63, 3.8) is 0 Å². The number of nitrogens with zero attached hydrogens (tertiary/aromatic N) is 4. The summed E-state index contributed by atoms with van der Waals surface area (Å²) in [5.74, 6) is 0.246. The molecule has 1 aliphatic heterocycles. The number of halogens is 1. The van der Waals surface area contributed by atoms with E-state index in [1.54, 1.807) is 4.90 Å². The molecule has 1 unspecified atom stereocenters. The van der Waals surface area contributed by atoms with E-state index in [2.05, 4.69) is 35.3 Å². The van der Waals surface area contributed by atoms with Gasteiger partial charge in [0.1, 0.15) is 17.1 Å². The first-order valence-corrected chi connectivity index (χ1v) is 8.11. The Morgan fingerprint density at radius 1 is 1.43 bits per heavy atom. The number of carbonyl (C=O) groups is 1. The predicted octanol–water partition coefficient (Wildman–Crippen LogP) is 3.50. The van der Waals surface area contributed by atoms with Crippen molar-refractivity contribution in [3.8, 4) is 0 Å². The van der Waals surface area contributed by atoms with Crippen molar-refractivity contribution in [2.45, 2.75) is 39.8 Å². The van der Waals surface area contributed by atoms with E-state index < -0.39 is 6.09 Å². The Bertz CT molecular complexity index is 737. The number of likely N-dealkylation sites (tertiary alicyclic amines) is 1. The standard InChI is InChI=1S/C16H21ClN4O2/c1-16(2,3)12-10(4-7-21(12)15(22)23)8-20-6-5-11-13(17)18-9-19-14(11)20/h5-6,9-10,12H,4,7-8H2,1-3H3,(H,22,23)/t10-,12?/m0/s1. The molecule has 0 aliphatic carbocycles. The molecule has 0 radical (unpaired) electrons. The van der Waals surface area contributed by atoms with E-state index in [0.29, 0.717) is 11.7 Å². The van der Waals surface area contributed by atoms with E-state index in [4.69, 9.17) is 11.6 Å². The number of rotatable bonds is 2. The Labute approximate surface area is 140 Å². The van der Waals surface area contributed by atoms with Crippen LogP contribution in [0.25, 0.3) is 11.0 Å². The lowest BCUT2D eigenvalue weighted by molar-refractivity contribution is 0.0879. The summed E-state index contributed by atoms with van der Waals surface area (Å²) in [7, 11) is 0. The molecule has 1 N–H and O–H groups in total. The monoisotopic (exact) mass is 336 g/mol. The van der Waals surface area contributed by atoms with Gasteiger partial charge in [0.05, 0.1) is 5.39 Å². The summed E-state index contributed by atoms with van der Waals surface area (Å²) in [5.41, 5.74) is 0.682. The molecule has 2 atom stereocenters. The number of hydrogen-bond acceptors (Lipinski definition) is 3. The van der Waals surface area contributed by atoms with Crippen LogP contribution in [0.1, 0.15) is 27.2 Å². The predicted molar refractivity (Wildman–Crippen MR) is 88.6 cm³/mol. The molecule has 6 nitrogen and oxygen atoms in total. The molecule has 124 valence electrons. The first kappa shape index (κ1) is 16.1. The minimum absolute atomic E-state index is 0.0187. The topological polar surface area (TPSA) is 71.2 Å². The van der Waals surface area contributed by atoms with E-state index in [1.807, 2.05) is 12.3 Å². The molecule has 0 aromatic carbocycles. The van der Waals surface area contributed by atoms with Crippen LogP contribution in [0, 0.1) is 11.3 Å². The summed E-state index contributed by atoms with van der Waals surface area (Å²) in [6.45, 7) is 7.59. The van der Waals surface area contributed by atoms with Crippen molar-refractivity contribution in [3.05, 3.63) is 23.7 Å². The lowest BCUT2D eigenvalue weighted by Gasteiger charge is -2.37. The normalized spacial score (nSPS) is 22.0. The maximum Gasteiger partial charge on any atom is 0.407 e. The van der Waals surface area contributed by atoms with Crippen LogP contribution < -0.4 is 0 Å². The highest BCUT2D eigenvalue weighted by atomic mass is 35.5. The number of amides is 1. The van der Waals surface area contributed by atoms with Gasteiger partial charge in [0.25, 0.3) is 0 Å². The van der Waals surface area contributed by atoms with Gasteiger partial charge in [-0.3, -0.25) is 0 Å². The first-order chi connectivity index (χ1) is 10.8. The third-order valence-corrected chi connectivity index (χ3v) is 4.90. The molecule has 2 aromatic rings. The Morgan fingerprint density at radius 3 is 2.83 bits per heavy atom. The number of carboxylic acid groups (broad SMARTS) is 1. The van der Waals surface area contributed by atoms with Crippen LogP contribution in [-0.2, 0) is 6.54 Å². The summed E-state index contributed by atoms with van der Waals surface area (Å²) < 4.78 is 2.05. The zero-order valence-corrected chi connectivity index (χ0v) is 14.3. The fourth-order valence-electron chi connectivity index (χ4n) is 3.81. The highest BCUT2D eigenvalue weighted by molar-refractivity contribution is 6.33. The highest BCUT2D eigenvalue weighted by Gasteiger charge is 2.44. The summed E-state index contributed by atoms with van der Waals surface area (Å²) in [6, 6.07) is 1.89. The number of fused-ring (bicyclic) bond motifs is 1. The van der Waals surface area contributed by atoms with Gasteiger partial charge in [-0.05, 0) is 23.8 Å². The fraction of sp³-hybridized carbons (Fsp3) is 0.562. The molecule has 0 spiro atoms. The van der Waals surface area contributed by atoms with Crippen molar-refractivity contribution in [1.82, 2.24) is 19.4 Å². The summed E-state index contributed by atoms with van der Waals surface area (Å²) in [5, 5.41) is 10.8. The van der Waals surface area contributed by atoms with Gasteiger partial charge in [-0.15, -0.1) is 0 Å². The van der Waals surface area contributed by atoms with Gasteiger partial charge in [0, 0.05) is 25.3 Å². The Morgan fingerprint density at radius 2 is 2.17 bits per heavy atom. The van der Waals surface area contributed by atoms with Gasteiger partial charge < -0.3 is 14.6 Å². The van der Waals surface area contributed by atoms with Gasteiger partial charge >= 0.3 is 6.09 Å². The van der Waals surface area contributed by atoms with Crippen LogP contribution >= 0.6 is 11.6 Å². The maximum absolute atomic E-state index is 11.5. The molecule has 23 heavy (non-hydrogen) atoms. The summed E-state index contributed by atoms with van der Waals surface area (Å²) in [6.07, 6.45) is 3.43. The number of hydrogen-bond donors (Lipinski definition) is 1. The molecule has 1 saturated heterocycles. The van der Waals surface area contributed by atoms with Gasteiger partial charge in [-0.25, -0.2) is 14.8 Å². The van der Waals surface area contributed by atoms with Crippen molar-refractivity contribution in [1.29, 1.82) is 0 Å². The van der Waals surface area contributed by atoms with Crippen LogP contribution in [0.3, 0.4) is 0 Å². The molecule has 1 fully saturated rings. The van der Waals surface area contributed by atoms with Crippen LogP contribution in [0.15, 0.2) is 18.6 Å². The Balaban J connectivity index is 1.91. The van der Waals surface area contributed by atoms with Gasteiger partial charge in [-0.1, -0.05) is 32.4 Å². The fourth-order valence-corrected chi connectivity index (χ4v) is 4.00. The molecule has 3 heterocycles. The molecule has 1 aliphatic rings. The second-order valence-electron chi connectivity index (χ2n) is 7.21. The highest BCUT2D eigenvalue weighted by Crippen LogP contribution is 2.38. The summed E-state index contributed by atoms with van der Waals surface area (Å²) in [4.78, 5) is 21.4. The lowest BCUT2D eigenvalue weighted by atomic mass is 9.79. The van der Waals surface area contributed by atoms with Crippen LogP contribution in [0.5, 0.6) is 0 Å². The van der Waals surface area contributed by atoms with E-state index in [0.717, 1.165) is 24.0 Å². The molecule has 2 aromatic heterocycles. The third-order valence-electron chi connectivity index (χ3n) is 4.59. The SMILES string of the molecule is CC(C)(C)C1[C@H](Cn2ccc3c(Cl)ncnc32)CCN1C(=O)O. The Kier molecular flexibility index (Phi) is 3.96. The van der Waals surface area contributed by atoms with Crippen LogP contribution in [-0.4, -0.2) is 43.2 Å². The zero-order valence-electron chi connectivity index (χ0n) is 13.5. The molecule has 3 rings (SSSR count). The molecule has 1 amide bonds. The number of aromatic nitrogens is 3. The van der Waals surface area contributed by atoms with Gasteiger partial charge in [-0.2, -0.15) is 0 Å². The van der Waals surface area contributed by atoms with E-state index in [9.17, 15) is 9.90 Å². The van der Waals surface area contributed by atoms with E-state index >= 15 is 0 Å². The average Bonchev–Trinajstić information content (AvgIpc) is 3.04. The molecule has 0 bridgehead atoms. The minimum Gasteiger partial charge on any atom is -0.465 e. The summed E-state index contributed by atoms with van der Waals surface area (Å²) >= 11 is 6.10. The minimum atomic E-state index is -0.838. The third kappa shape index (κ3) is 2.87. The van der Waals surface area contributed by atoms with Crippen molar-refractivity contribution < 1.29 is 9.90 Å². The van der Waals surface area contributed by atoms with E-state index in [-0.39, 0.29) is 17.4 Å². The van der Waals surface area contributed by atoms with Crippen molar-refractivity contribution >= 4 is 28.7 Å². The van der Waals surface area contributed by atoms with Gasteiger partial charge in [0.15, 0.2) is 0 Å². The first-order valence-electron chi connectivity index (χ1n) is 7.74. The largest absolute Gasteiger partial charge is 0.465 e. The second-order valence-corrected chi connectivity index (χ2v) is 7.56. The molecule has 7 heteroatoms. The molecular weight excluding hydrogens is 316 g/mol. The second kappa shape index (κ2) is 5.67. The Hall–Kier alpha value is -1.82. The smallest absolute Gasteiger partial charge is 0.407 e. The lowest BCUT2D eigenvalue weighted by Crippen LogP contribution is -2.46. The maximum atomic E-state index is 11.5. The van der Waals surface area contributed by atoms with Crippen LogP contribution in [0.4, 0.5) is 4.79 Å².